The Morgan fingerprint density at radius 1 is 1.00 bits per heavy atom. The fourth-order valence-corrected chi connectivity index (χ4v) is 2.24. The molecule has 0 fully saturated rings. The zero-order valence-electron chi connectivity index (χ0n) is 11.9. The lowest BCUT2D eigenvalue weighted by Gasteiger charge is -2.02. The molecule has 2 aromatic carbocycles. The van der Waals surface area contributed by atoms with Gasteiger partial charge in [0.25, 0.3) is 0 Å². The molecule has 0 amide bonds. The van der Waals surface area contributed by atoms with E-state index in [-0.39, 0.29) is 18.9 Å². The molecule has 126 valence electrons. The third kappa shape index (κ3) is 6.45. The third-order valence-corrected chi connectivity index (χ3v) is 3.52. The van der Waals surface area contributed by atoms with Gasteiger partial charge in [0.05, 0.1) is 24.8 Å². The molecule has 8 heteroatoms. The summed E-state index contributed by atoms with van der Waals surface area (Å²) < 4.78 is 11.4. The third-order valence-electron chi connectivity index (χ3n) is 2.53. The van der Waals surface area contributed by atoms with Crippen LogP contribution in [0, 0.1) is 10.1 Å². The van der Waals surface area contributed by atoms with Crippen LogP contribution in [0.1, 0.15) is 7.43 Å². The molecule has 0 heterocycles. The van der Waals surface area contributed by atoms with Crippen LogP contribution in [0.5, 0.6) is 11.5 Å². The number of anilines is 1. The van der Waals surface area contributed by atoms with E-state index in [0.29, 0.717) is 15.9 Å². The number of halogens is 2. The summed E-state index contributed by atoms with van der Waals surface area (Å²) in [5, 5.41) is 10.4. The van der Waals surface area contributed by atoms with Gasteiger partial charge in [-0.25, -0.2) is 0 Å². The zero-order chi connectivity index (χ0) is 16.7. The molecule has 23 heavy (non-hydrogen) atoms. The molecule has 2 rings (SSSR count). The monoisotopic (exact) mass is 448 g/mol. The molecule has 0 bridgehead atoms. The Morgan fingerprint density at radius 3 is 1.91 bits per heavy atom. The van der Waals surface area contributed by atoms with E-state index in [9.17, 15) is 10.1 Å². The normalized spacial score (nSPS) is 9.04. The van der Waals surface area contributed by atoms with E-state index in [0.717, 1.165) is 4.47 Å². The average Bonchev–Trinajstić information content (AvgIpc) is 2.48. The van der Waals surface area contributed by atoms with Crippen LogP contribution in [0.2, 0.25) is 0 Å². The second-order valence-electron chi connectivity index (χ2n) is 3.96. The second-order valence-corrected chi connectivity index (χ2v) is 5.79. The van der Waals surface area contributed by atoms with E-state index in [1.54, 1.807) is 25.3 Å². The number of benzene rings is 2. The molecule has 2 aromatic rings. The summed E-state index contributed by atoms with van der Waals surface area (Å²) in [6, 6.07) is 10.1. The SMILES string of the molecule is C.COc1ccc(Br)cc1N.COc1ccc(Br)cc1[N+](=O)[O-]. The number of ether oxygens (including phenoxy) is 2. The van der Waals surface area contributed by atoms with Crippen molar-refractivity contribution in [2.45, 2.75) is 7.43 Å². The van der Waals surface area contributed by atoms with Gasteiger partial charge in [0.2, 0.25) is 0 Å². The number of nitrogen functional groups attached to an aromatic ring is 1. The largest absolute Gasteiger partial charge is 0.495 e. The smallest absolute Gasteiger partial charge is 0.312 e. The summed E-state index contributed by atoms with van der Waals surface area (Å²) in [6.45, 7) is 0. The number of nitro groups is 1. The van der Waals surface area contributed by atoms with Crippen molar-refractivity contribution in [2.24, 2.45) is 0 Å². The Balaban J connectivity index is 0.000000409. The van der Waals surface area contributed by atoms with Crippen LogP contribution < -0.4 is 15.2 Å². The maximum atomic E-state index is 10.4. The lowest BCUT2D eigenvalue weighted by atomic mass is 10.3. The Morgan fingerprint density at radius 2 is 1.48 bits per heavy atom. The lowest BCUT2D eigenvalue weighted by molar-refractivity contribution is -0.385. The Hall–Kier alpha value is -1.80. The van der Waals surface area contributed by atoms with Gasteiger partial charge in [0.15, 0.2) is 5.75 Å². The average molecular weight is 450 g/mol. The first-order valence-corrected chi connectivity index (χ1v) is 7.54. The van der Waals surface area contributed by atoms with Gasteiger partial charge in [-0.05, 0) is 30.3 Å². The molecule has 0 aliphatic rings. The van der Waals surface area contributed by atoms with Crippen LogP contribution in [-0.2, 0) is 0 Å². The molecule has 0 aliphatic heterocycles. The van der Waals surface area contributed by atoms with E-state index in [1.807, 2.05) is 12.1 Å². The van der Waals surface area contributed by atoms with Crippen molar-refractivity contribution in [2.75, 3.05) is 20.0 Å². The summed E-state index contributed by atoms with van der Waals surface area (Å²) in [5.74, 6) is 0.978. The highest BCUT2D eigenvalue weighted by atomic mass is 79.9. The van der Waals surface area contributed by atoms with Crippen LogP contribution in [0.4, 0.5) is 11.4 Å². The van der Waals surface area contributed by atoms with Crippen molar-refractivity contribution in [3.05, 3.63) is 55.5 Å². The molecule has 0 aromatic heterocycles. The van der Waals surface area contributed by atoms with Crippen molar-refractivity contribution in [1.82, 2.24) is 0 Å². The molecule has 0 saturated heterocycles. The number of nitro benzene ring substituents is 1. The summed E-state index contributed by atoms with van der Waals surface area (Å²) in [5.41, 5.74) is 6.19. The topological polar surface area (TPSA) is 87.6 Å². The van der Waals surface area contributed by atoms with Gasteiger partial charge >= 0.3 is 5.69 Å². The fourth-order valence-electron chi connectivity index (χ4n) is 1.51. The number of rotatable bonds is 3. The first-order valence-electron chi connectivity index (χ1n) is 5.96. The summed E-state index contributed by atoms with van der Waals surface area (Å²) in [4.78, 5) is 9.96. The van der Waals surface area contributed by atoms with E-state index in [4.69, 9.17) is 15.2 Å². The van der Waals surface area contributed by atoms with Gasteiger partial charge in [-0.3, -0.25) is 10.1 Å². The molecule has 0 unspecified atom stereocenters. The van der Waals surface area contributed by atoms with Gasteiger partial charge in [-0.15, -0.1) is 0 Å². The minimum Gasteiger partial charge on any atom is -0.495 e. The predicted octanol–water partition coefficient (Wildman–Crippen LogP) is 5.04. The lowest BCUT2D eigenvalue weighted by Crippen LogP contribution is -1.92. The summed E-state index contributed by atoms with van der Waals surface area (Å²) >= 11 is 6.42. The van der Waals surface area contributed by atoms with Gasteiger partial charge in [-0.1, -0.05) is 39.3 Å². The second kappa shape index (κ2) is 10.1. The molecular weight excluding hydrogens is 432 g/mol. The number of hydrogen-bond acceptors (Lipinski definition) is 5. The molecule has 0 atom stereocenters. The molecule has 0 aliphatic carbocycles. The van der Waals surface area contributed by atoms with E-state index >= 15 is 0 Å². The standard InChI is InChI=1S/C7H6BrNO3.C7H8BrNO.CH4/c1-12-7-3-2-5(8)4-6(7)9(10)11;1-10-7-3-2-5(8)4-6(7)9;/h2-4H,1H3;2-4H,9H2,1H3;1H4. The maximum absolute atomic E-state index is 10.4. The van der Waals surface area contributed by atoms with Crippen LogP contribution in [0.25, 0.3) is 0 Å². The predicted molar refractivity (Wildman–Crippen MR) is 99.2 cm³/mol. The zero-order valence-corrected chi connectivity index (χ0v) is 15.0. The number of nitrogens with zero attached hydrogens (tertiary/aromatic N) is 1. The van der Waals surface area contributed by atoms with Crippen molar-refractivity contribution in [3.63, 3.8) is 0 Å². The van der Waals surface area contributed by atoms with Gasteiger partial charge in [0.1, 0.15) is 5.75 Å². The van der Waals surface area contributed by atoms with E-state index in [2.05, 4.69) is 31.9 Å². The quantitative estimate of drug-likeness (QED) is 0.402. The highest BCUT2D eigenvalue weighted by Crippen LogP contribution is 2.29. The van der Waals surface area contributed by atoms with Crippen LogP contribution in [0.3, 0.4) is 0 Å². The van der Waals surface area contributed by atoms with Crippen LogP contribution in [-0.4, -0.2) is 19.1 Å². The van der Waals surface area contributed by atoms with Crippen molar-refractivity contribution in [1.29, 1.82) is 0 Å². The summed E-state index contributed by atoms with van der Waals surface area (Å²) in [7, 11) is 3.00. The number of methoxy groups -OCH3 is 2. The highest BCUT2D eigenvalue weighted by molar-refractivity contribution is 9.10. The van der Waals surface area contributed by atoms with E-state index in [1.165, 1.54) is 13.2 Å². The van der Waals surface area contributed by atoms with Crippen molar-refractivity contribution in [3.8, 4) is 11.5 Å². The van der Waals surface area contributed by atoms with Crippen molar-refractivity contribution < 1.29 is 14.4 Å². The van der Waals surface area contributed by atoms with Crippen LogP contribution in [0.15, 0.2) is 45.3 Å². The first-order chi connectivity index (χ1) is 10.4. The maximum Gasteiger partial charge on any atom is 0.312 e. The van der Waals surface area contributed by atoms with Crippen LogP contribution >= 0.6 is 31.9 Å². The Bertz CT molecular complexity index is 666. The molecular formula is C15H18Br2N2O4. The molecule has 0 radical (unpaired) electrons. The number of nitrogens with two attached hydrogens (primary N) is 1. The Kier molecular flexibility index (Phi) is 9.28. The fraction of sp³-hybridized carbons (Fsp3) is 0.200. The number of hydrogen-bond donors (Lipinski definition) is 1. The van der Waals surface area contributed by atoms with Gasteiger partial charge in [0, 0.05) is 15.0 Å². The Labute approximate surface area is 152 Å². The van der Waals surface area contributed by atoms with E-state index < -0.39 is 4.92 Å². The first kappa shape index (κ1) is 21.2. The minimum absolute atomic E-state index is 0. The highest BCUT2D eigenvalue weighted by Gasteiger charge is 2.13. The van der Waals surface area contributed by atoms with Gasteiger partial charge < -0.3 is 15.2 Å². The van der Waals surface area contributed by atoms with Crippen molar-refractivity contribution >= 4 is 43.2 Å². The molecule has 0 saturated carbocycles. The molecule has 6 nitrogen and oxygen atoms in total. The molecule has 2 N–H and O–H groups in total. The van der Waals surface area contributed by atoms with Gasteiger partial charge in [-0.2, -0.15) is 0 Å². The molecule has 0 spiro atoms. The summed E-state index contributed by atoms with van der Waals surface area (Å²) in [6.07, 6.45) is 0. The minimum atomic E-state index is -0.483.